The Morgan fingerprint density at radius 3 is 2.25 bits per heavy atom. The summed E-state index contributed by atoms with van der Waals surface area (Å²) in [5.41, 5.74) is 0.613. The molecule has 0 saturated heterocycles. The summed E-state index contributed by atoms with van der Waals surface area (Å²) >= 11 is 0. The van der Waals surface area contributed by atoms with Gasteiger partial charge in [-0.25, -0.2) is 0 Å². The van der Waals surface area contributed by atoms with Crippen molar-refractivity contribution >= 4 is 0 Å². The van der Waals surface area contributed by atoms with E-state index in [1.54, 1.807) is 0 Å². The van der Waals surface area contributed by atoms with Gasteiger partial charge in [0.1, 0.15) is 0 Å². The van der Waals surface area contributed by atoms with Gasteiger partial charge in [0.15, 0.2) is 0 Å². The average Bonchev–Trinajstić information content (AvgIpc) is 2.65. The molecule has 0 aromatic carbocycles. The molecule has 1 fully saturated rings. The zero-order chi connectivity index (χ0) is 12.0. The second kappa shape index (κ2) is 6.61. The first kappa shape index (κ1) is 14.0. The van der Waals surface area contributed by atoms with Crippen LogP contribution >= 0.6 is 0 Å². The molecule has 16 heavy (non-hydrogen) atoms. The van der Waals surface area contributed by atoms with Crippen LogP contribution in [0.3, 0.4) is 0 Å². The van der Waals surface area contributed by atoms with Crippen LogP contribution in [0.5, 0.6) is 0 Å². The molecule has 1 aliphatic rings. The van der Waals surface area contributed by atoms with E-state index < -0.39 is 0 Å². The number of rotatable bonds is 7. The highest BCUT2D eigenvalue weighted by molar-refractivity contribution is 4.87. The zero-order valence-electron chi connectivity index (χ0n) is 11.6. The van der Waals surface area contributed by atoms with Gasteiger partial charge in [-0.15, -0.1) is 0 Å². The number of likely N-dealkylation sites (N-methyl/N-ethyl adjacent to an activating group) is 1. The van der Waals surface area contributed by atoms with Gasteiger partial charge in [0, 0.05) is 19.1 Å². The fourth-order valence-corrected chi connectivity index (χ4v) is 3.10. The van der Waals surface area contributed by atoms with Crippen molar-refractivity contribution in [3.05, 3.63) is 0 Å². The van der Waals surface area contributed by atoms with E-state index >= 15 is 0 Å². The largest absolute Gasteiger partial charge is 0.316 e. The maximum Gasteiger partial charge on any atom is 0.0161 e. The van der Waals surface area contributed by atoms with Crippen molar-refractivity contribution in [3.8, 4) is 0 Å². The van der Waals surface area contributed by atoms with E-state index in [9.17, 15) is 0 Å². The molecule has 2 heteroatoms. The van der Waals surface area contributed by atoms with E-state index in [0.717, 1.165) is 12.5 Å². The van der Waals surface area contributed by atoms with Crippen LogP contribution in [0.2, 0.25) is 0 Å². The van der Waals surface area contributed by atoms with Gasteiger partial charge >= 0.3 is 0 Å². The highest BCUT2D eigenvalue weighted by atomic mass is 15.0. The van der Waals surface area contributed by atoms with Gasteiger partial charge in [0.25, 0.3) is 0 Å². The summed E-state index contributed by atoms with van der Waals surface area (Å²) in [5, 5.41) is 6.94. The van der Waals surface area contributed by atoms with Crippen LogP contribution in [0.15, 0.2) is 0 Å². The highest BCUT2D eigenvalue weighted by Crippen LogP contribution is 2.42. The third kappa shape index (κ3) is 4.42. The lowest BCUT2D eigenvalue weighted by Gasteiger charge is -2.31. The molecular formula is C14H30N2. The minimum atomic E-state index is 0.581. The molecule has 0 radical (unpaired) electrons. The molecule has 2 N–H and O–H groups in total. The van der Waals surface area contributed by atoms with Gasteiger partial charge in [-0.05, 0) is 44.6 Å². The van der Waals surface area contributed by atoms with E-state index in [1.165, 1.54) is 38.6 Å². The second-order valence-corrected chi connectivity index (χ2v) is 6.13. The molecular weight excluding hydrogens is 196 g/mol. The lowest BCUT2D eigenvalue weighted by molar-refractivity contribution is 0.222. The zero-order valence-corrected chi connectivity index (χ0v) is 11.6. The standard InChI is InChI=1S/C14H30N2/c1-12(2)9-14(7-5-6-8-14)11-16-10-13(3)15-4/h12-13,15-16H,5-11H2,1-4H3. The van der Waals surface area contributed by atoms with Gasteiger partial charge in [0.05, 0.1) is 0 Å². The maximum atomic E-state index is 3.66. The molecule has 2 nitrogen and oxygen atoms in total. The Kier molecular flexibility index (Phi) is 5.77. The molecule has 96 valence electrons. The van der Waals surface area contributed by atoms with Crippen molar-refractivity contribution < 1.29 is 0 Å². The van der Waals surface area contributed by atoms with Crippen LogP contribution in [-0.2, 0) is 0 Å². The fraction of sp³-hybridized carbons (Fsp3) is 1.00. The maximum absolute atomic E-state index is 3.66. The molecule has 1 saturated carbocycles. The molecule has 0 bridgehead atoms. The summed E-state index contributed by atoms with van der Waals surface area (Å²) in [5.74, 6) is 0.835. The van der Waals surface area contributed by atoms with Gasteiger partial charge < -0.3 is 10.6 Å². The highest BCUT2D eigenvalue weighted by Gasteiger charge is 2.33. The Bertz CT molecular complexity index is 183. The first-order valence-corrected chi connectivity index (χ1v) is 6.96. The van der Waals surface area contributed by atoms with Crippen LogP contribution in [0.4, 0.5) is 0 Å². The van der Waals surface area contributed by atoms with E-state index in [2.05, 4.69) is 31.4 Å². The van der Waals surface area contributed by atoms with Crippen LogP contribution in [0, 0.1) is 11.3 Å². The predicted octanol–water partition coefficient (Wildman–Crippen LogP) is 2.79. The van der Waals surface area contributed by atoms with Crippen LogP contribution in [-0.4, -0.2) is 26.2 Å². The third-order valence-electron chi connectivity index (χ3n) is 3.95. The van der Waals surface area contributed by atoms with E-state index in [4.69, 9.17) is 0 Å². The fourth-order valence-electron chi connectivity index (χ4n) is 3.10. The third-order valence-corrected chi connectivity index (χ3v) is 3.95. The Hall–Kier alpha value is -0.0800. The Morgan fingerprint density at radius 2 is 1.75 bits per heavy atom. The number of hydrogen-bond acceptors (Lipinski definition) is 2. The lowest BCUT2D eigenvalue weighted by atomic mass is 9.78. The van der Waals surface area contributed by atoms with Crippen molar-refractivity contribution in [1.29, 1.82) is 0 Å². The number of nitrogens with one attached hydrogen (secondary N) is 2. The van der Waals surface area contributed by atoms with Crippen molar-refractivity contribution in [2.24, 2.45) is 11.3 Å². The summed E-state index contributed by atoms with van der Waals surface area (Å²) in [6.45, 7) is 9.26. The molecule has 1 rings (SSSR count). The Morgan fingerprint density at radius 1 is 1.12 bits per heavy atom. The topological polar surface area (TPSA) is 24.1 Å². The summed E-state index contributed by atoms with van der Waals surface area (Å²) in [6.07, 6.45) is 7.15. The normalized spacial score (nSPS) is 21.6. The quantitative estimate of drug-likeness (QED) is 0.697. The molecule has 0 aromatic rings. The molecule has 0 aromatic heterocycles. The summed E-state index contributed by atoms with van der Waals surface area (Å²) in [6, 6.07) is 0.581. The Labute approximate surface area is 102 Å². The summed E-state index contributed by atoms with van der Waals surface area (Å²) in [7, 11) is 2.03. The Balaban J connectivity index is 2.33. The smallest absolute Gasteiger partial charge is 0.0161 e. The number of hydrogen-bond donors (Lipinski definition) is 2. The molecule has 1 atom stereocenters. The van der Waals surface area contributed by atoms with E-state index in [0.29, 0.717) is 11.5 Å². The van der Waals surface area contributed by atoms with Gasteiger partial charge in [-0.3, -0.25) is 0 Å². The van der Waals surface area contributed by atoms with E-state index in [-0.39, 0.29) is 0 Å². The lowest BCUT2D eigenvalue weighted by Crippen LogP contribution is -2.40. The van der Waals surface area contributed by atoms with Crippen molar-refractivity contribution in [2.45, 2.75) is 58.9 Å². The van der Waals surface area contributed by atoms with Gasteiger partial charge in [0.2, 0.25) is 0 Å². The van der Waals surface area contributed by atoms with Crippen molar-refractivity contribution in [1.82, 2.24) is 10.6 Å². The summed E-state index contributed by atoms with van der Waals surface area (Å²) < 4.78 is 0. The van der Waals surface area contributed by atoms with Crippen LogP contribution < -0.4 is 10.6 Å². The average molecular weight is 226 g/mol. The van der Waals surface area contributed by atoms with Crippen molar-refractivity contribution in [2.75, 3.05) is 20.1 Å². The molecule has 0 spiro atoms. The predicted molar refractivity (Wildman–Crippen MR) is 71.7 cm³/mol. The molecule has 1 unspecified atom stereocenters. The van der Waals surface area contributed by atoms with Gasteiger partial charge in [-0.1, -0.05) is 26.7 Å². The molecule has 1 aliphatic carbocycles. The van der Waals surface area contributed by atoms with Crippen LogP contribution in [0.25, 0.3) is 0 Å². The first-order valence-electron chi connectivity index (χ1n) is 6.96. The van der Waals surface area contributed by atoms with Crippen molar-refractivity contribution in [3.63, 3.8) is 0 Å². The van der Waals surface area contributed by atoms with Gasteiger partial charge in [-0.2, -0.15) is 0 Å². The molecule has 0 amide bonds. The first-order chi connectivity index (χ1) is 7.58. The minimum Gasteiger partial charge on any atom is -0.316 e. The molecule has 0 aliphatic heterocycles. The van der Waals surface area contributed by atoms with Crippen LogP contribution in [0.1, 0.15) is 52.9 Å². The SMILES string of the molecule is CNC(C)CNCC1(CC(C)C)CCCC1. The van der Waals surface area contributed by atoms with E-state index in [1.807, 2.05) is 7.05 Å². The minimum absolute atomic E-state index is 0.581. The summed E-state index contributed by atoms with van der Waals surface area (Å²) in [4.78, 5) is 0. The molecule has 0 heterocycles. The monoisotopic (exact) mass is 226 g/mol. The second-order valence-electron chi connectivity index (χ2n) is 6.13.